The van der Waals surface area contributed by atoms with Crippen LogP contribution in [-0.4, -0.2) is 50.3 Å². The second-order valence-corrected chi connectivity index (χ2v) is 6.52. The lowest BCUT2D eigenvalue weighted by molar-refractivity contribution is -0.119. The van der Waals surface area contributed by atoms with E-state index in [1.165, 1.54) is 12.8 Å². The Hall–Kier alpha value is -1.07. The van der Waals surface area contributed by atoms with Crippen LogP contribution in [0.25, 0.3) is 0 Å². The quantitative estimate of drug-likeness (QED) is 0.667. The summed E-state index contributed by atoms with van der Waals surface area (Å²) in [6.07, 6.45) is 5.55. The Bertz CT molecular complexity index is 333. The lowest BCUT2D eigenvalue weighted by Crippen LogP contribution is -2.41. The third-order valence-corrected chi connectivity index (χ3v) is 3.47. The number of ether oxygens (including phenoxy) is 2. The number of nitrogens with two attached hydrogens (primary N) is 1. The zero-order chi connectivity index (χ0) is 19.7. The fraction of sp³-hybridized carbons (Fsp3) is 0.850. The van der Waals surface area contributed by atoms with Gasteiger partial charge in [-0.1, -0.05) is 54.0 Å². The van der Waals surface area contributed by atoms with Crippen molar-refractivity contribution in [2.24, 2.45) is 11.7 Å². The molecule has 5 nitrogen and oxygen atoms in total. The van der Waals surface area contributed by atoms with Gasteiger partial charge in [0.05, 0.1) is 18.9 Å². The lowest BCUT2D eigenvalue weighted by Gasteiger charge is -2.33. The molecule has 0 aliphatic carbocycles. The maximum atomic E-state index is 11.0. The molecular weight excluding hydrogens is 316 g/mol. The predicted octanol–water partition coefficient (Wildman–Crippen LogP) is 3.97. The van der Waals surface area contributed by atoms with Gasteiger partial charge in [0.15, 0.2) is 0 Å². The van der Waals surface area contributed by atoms with Crippen molar-refractivity contribution in [3.63, 3.8) is 0 Å². The molecule has 0 aromatic rings. The van der Waals surface area contributed by atoms with Crippen molar-refractivity contribution in [1.82, 2.24) is 4.90 Å². The summed E-state index contributed by atoms with van der Waals surface area (Å²) in [7, 11) is 1.67. The van der Waals surface area contributed by atoms with Crippen LogP contribution in [0.3, 0.4) is 0 Å². The molecule has 1 aliphatic rings. The van der Waals surface area contributed by atoms with Crippen LogP contribution in [0, 0.1) is 5.92 Å². The van der Waals surface area contributed by atoms with Crippen molar-refractivity contribution in [1.29, 1.82) is 0 Å². The van der Waals surface area contributed by atoms with Crippen LogP contribution >= 0.6 is 0 Å². The van der Waals surface area contributed by atoms with Gasteiger partial charge in [-0.05, 0) is 25.8 Å². The Balaban J connectivity index is 0. The minimum Gasteiger partial charge on any atom is -0.493 e. The number of primary amides is 1. The van der Waals surface area contributed by atoms with E-state index in [0.717, 1.165) is 38.1 Å². The maximum absolute atomic E-state index is 11.0. The topological polar surface area (TPSA) is 64.8 Å². The number of hydrogen-bond donors (Lipinski definition) is 1. The Morgan fingerprint density at radius 3 is 2.24 bits per heavy atom. The molecule has 25 heavy (non-hydrogen) atoms. The molecule has 0 radical (unpaired) electrons. The first-order valence-electron chi connectivity index (χ1n) is 9.74. The first-order chi connectivity index (χ1) is 11.9. The maximum Gasteiger partial charge on any atom is 0.231 e. The number of methoxy groups -OCH3 is 1. The molecular formula is C20H42N2O3. The molecule has 0 spiro atoms. The van der Waals surface area contributed by atoms with Crippen molar-refractivity contribution in [2.45, 2.75) is 72.8 Å². The highest BCUT2D eigenvalue weighted by atomic mass is 16.5. The van der Waals surface area contributed by atoms with Gasteiger partial charge in [-0.15, -0.1) is 0 Å². The number of piperidine rings is 1. The molecule has 2 N–H and O–H groups in total. The van der Waals surface area contributed by atoms with Crippen LogP contribution in [0.15, 0.2) is 12.3 Å². The summed E-state index contributed by atoms with van der Waals surface area (Å²) in [5.41, 5.74) is 5.24. The SMILES string of the molecule is C=C(OC(CC)COC)C1CCCN(CC(N)=O)C1.CCC.CCC. The zero-order valence-electron chi connectivity index (χ0n) is 17.5. The van der Waals surface area contributed by atoms with Crippen LogP contribution in [0.5, 0.6) is 0 Å². The van der Waals surface area contributed by atoms with E-state index in [4.69, 9.17) is 15.2 Å². The van der Waals surface area contributed by atoms with E-state index in [1.807, 2.05) is 0 Å². The average molecular weight is 359 g/mol. The van der Waals surface area contributed by atoms with Crippen molar-refractivity contribution >= 4 is 5.91 Å². The highest BCUT2D eigenvalue weighted by Gasteiger charge is 2.25. The van der Waals surface area contributed by atoms with Crippen LogP contribution in [-0.2, 0) is 14.3 Å². The van der Waals surface area contributed by atoms with E-state index in [2.05, 4.69) is 46.1 Å². The molecule has 2 unspecified atom stereocenters. The minimum absolute atomic E-state index is 0.0593. The zero-order valence-corrected chi connectivity index (χ0v) is 17.5. The van der Waals surface area contributed by atoms with Gasteiger partial charge in [0.25, 0.3) is 0 Å². The van der Waals surface area contributed by atoms with Gasteiger partial charge in [0, 0.05) is 19.6 Å². The summed E-state index contributed by atoms with van der Waals surface area (Å²) in [6, 6.07) is 0. The molecule has 0 bridgehead atoms. The van der Waals surface area contributed by atoms with Crippen LogP contribution in [0.1, 0.15) is 66.7 Å². The Kier molecular flexibility index (Phi) is 18.6. The van der Waals surface area contributed by atoms with Gasteiger partial charge in [-0.3, -0.25) is 9.69 Å². The lowest BCUT2D eigenvalue weighted by atomic mass is 9.96. The van der Waals surface area contributed by atoms with Gasteiger partial charge in [-0.2, -0.15) is 0 Å². The van der Waals surface area contributed by atoms with Crippen LogP contribution in [0.2, 0.25) is 0 Å². The summed E-state index contributed by atoms with van der Waals surface area (Å²) < 4.78 is 11.0. The molecule has 1 rings (SSSR count). The molecule has 0 aromatic heterocycles. The number of carbonyl (C=O) groups excluding carboxylic acids is 1. The van der Waals surface area contributed by atoms with E-state index in [1.54, 1.807) is 7.11 Å². The summed E-state index contributed by atoms with van der Waals surface area (Å²) in [5, 5.41) is 0. The number of amides is 1. The third-order valence-electron chi connectivity index (χ3n) is 3.47. The van der Waals surface area contributed by atoms with Crippen molar-refractivity contribution in [3.8, 4) is 0 Å². The fourth-order valence-corrected chi connectivity index (χ4v) is 2.41. The molecule has 1 heterocycles. The van der Waals surface area contributed by atoms with Crippen molar-refractivity contribution < 1.29 is 14.3 Å². The number of nitrogens with zero attached hydrogens (tertiary/aromatic N) is 1. The van der Waals surface area contributed by atoms with Gasteiger partial charge in [0.1, 0.15) is 6.10 Å². The van der Waals surface area contributed by atoms with Gasteiger partial charge >= 0.3 is 0 Å². The summed E-state index contributed by atoms with van der Waals surface area (Å²) in [6.45, 7) is 17.2. The molecule has 2 atom stereocenters. The number of rotatable bonds is 8. The Morgan fingerprint density at radius 1 is 1.24 bits per heavy atom. The molecule has 1 saturated heterocycles. The molecule has 5 heteroatoms. The molecule has 1 fully saturated rings. The average Bonchev–Trinajstić information content (AvgIpc) is 2.55. The molecule has 0 aromatic carbocycles. The summed E-state index contributed by atoms with van der Waals surface area (Å²) in [5.74, 6) is 0.801. The monoisotopic (exact) mass is 358 g/mol. The van der Waals surface area contributed by atoms with E-state index in [9.17, 15) is 4.79 Å². The van der Waals surface area contributed by atoms with Crippen LogP contribution in [0.4, 0.5) is 0 Å². The van der Waals surface area contributed by atoms with E-state index in [-0.39, 0.29) is 17.9 Å². The normalized spacial score (nSPS) is 18.1. The first-order valence-corrected chi connectivity index (χ1v) is 9.74. The first kappa shape index (κ1) is 26.2. The predicted molar refractivity (Wildman–Crippen MR) is 106 cm³/mol. The third kappa shape index (κ3) is 14.9. The highest BCUT2D eigenvalue weighted by molar-refractivity contribution is 5.75. The van der Waals surface area contributed by atoms with Crippen LogP contribution < -0.4 is 5.73 Å². The van der Waals surface area contributed by atoms with E-state index >= 15 is 0 Å². The number of hydrogen-bond acceptors (Lipinski definition) is 4. The second-order valence-electron chi connectivity index (χ2n) is 6.52. The largest absolute Gasteiger partial charge is 0.493 e. The summed E-state index contributed by atoms with van der Waals surface area (Å²) >= 11 is 0. The standard InChI is InChI=1S/C14H26N2O3.2C3H8/c1-4-13(10-18-3)19-11(2)12-6-5-7-16(8-12)9-14(15)17;2*1-3-2/h12-13H,2,4-10H2,1,3H3,(H2,15,17);2*3H2,1-2H3. The highest BCUT2D eigenvalue weighted by Crippen LogP contribution is 2.24. The van der Waals surface area contributed by atoms with Gasteiger partial charge in [-0.25, -0.2) is 0 Å². The minimum atomic E-state index is -0.280. The van der Waals surface area contributed by atoms with E-state index < -0.39 is 0 Å². The number of carbonyl (C=O) groups is 1. The van der Waals surface area contributed by atoms with Crippen molar-refractivity contribution in [3.05, 3.63) is 12.3 Å². The Labute approximate surface area is 155 Å². The van der Waals surface area contributed by atoms with E-state index in [0.29, 0.717) is 13.2 Å². The molecule has 1 amide bonds. The Morgan fingerprint density at radius 2 is 1.80 bits per heavy atom. The fourth-order valence-electron chi connectivity index (χ4n) is 2.41. The summed E-state index contributed by atoms with van der Waals surface area (Å²) in [4.78, 5) is 13.0. The number of likely N-dealkylation sites (tertiary alicyclic amines) is 1. The second kappa shape index (κ2) is 17.7. The smallest absolute Gasteiger partial charge is 0.231 e. The van der Waals surface area contributed by atoms with Gasteiger partial charge < -0.3 is 15.2 Å². The molecule has 150 valence electrons. The van der Waals surface area contributed by atoms with Crippen molar-refractivity contribution in [2.75, 3.05) is 33.4 Å². The molecule has 0 saturated carbocycles. The molecule has 1 aliphatic heterocycles. The van der Waals surface area contributed by atoms with Gasteiger partial charge in [0.2, 0.25) is 5.91 Å².